The van der Waals surface area contributed by atoms with Crippen molar-refractivity contribution in [1.82, 2.24) is 0 Å². The van der Waals surface area contributed by atoms with E-state index in [1.54, 1.807) is 4.90 Å². The lowest BCUT2D eigenvalue weighted by Crippen LogP contribution is -2.52. The molecule has 4 heteroatoms. The third-order valence-electron chi connectivity index (χ3n) is 3.56. The zero-order valence-corrected chi connectivity index (χ0v) is 11.0. The van der Waals surface area contributed by atoms with E-state index in [0.29, 0.717) is 0 Å². The minimum Gasteiger partial charge on any atom is -0.351 e. The number of hydrogen-bond donors (Lipinski definition) is 2. The molecule has 1 aromatic carbocycles. The number of rotatable bonds is 2. The molecule has 0 bridgehead atoms. The second-order valence-electron chi connectivity index (χ2n) is 4.90. The van der Waals surface area contributed by atoms with Crippen molar-refractivity contribution in [3.63, 3.8) is 0 Å². The van der Waals surface area contributed by atoms with Gasteiger partial charge in [-0.2, -0.15) is 0 Å². The molecule has 0 radical (unpaired) electrons. The maximum absolute atomic E-state index is 11.8. The molecule has 1 aliphatic carbocycles. The van der Waals surface area contributed by atoms with E-state index >= 15 is 0 Å². The highest BCUT2D eigenvalue weighted by atomic mass is 16.2. The molecule has 0 saturated heterocycles. The van der Waals surface area contributed by atoms with Gasteiger partial charge in [-0.05, 0) is 37.8 Å². The molecule has 0 saturated carbocycles. The first-order valence-corrected chi connectivity index (χ1v) is 6.74. The van der Waals surface area contributed by atoms with Crippen LogP contribution in [0.2, 0.25) is 0 Å². The maximum Gasteiger partial charge on any atom is 0.319 e. The minimum atomic E-state index is -0.434. The van der Waals surface area contributed by atoms with E-state index in [9.17, 15) is 4.79 Å². The Bertz CT molecular complexity index is 444. The molecule has 1 aromatic rings. The summed E-state index contributed by atoms with van der Waals surface area (Å²) in [7, 11) is 0. The van der Waals surface area contributed by atoms with E-state index in [2.05, 4.69) is 12.2 Å². The molecule has 0 aliphatic heterocycles. The Hall–Kier alpha value is -1.81. The van der Waals surface area contributed by atoms with Crippen LogP contribution >= 0.6 is 0 Å². The summed E-state index contributed by atoms with van der Waals surface area (Å²) in [6.45, 7) is 0. The molecular formula is C15H21N3O. The average molecular weight is 259 g/mol. The molecule has 1 aliphatic rings. The quantitative estimate of drug-likeness (QED) is 0.800. The lowest BCUT2D eigenvalue weighted by molar-refractivity contribution is 0.249. The lowest BCUT2D eigenvalue weighted by Gasteiger charge is -2.35. The molecular weight excluding hydrogens is 238 g/mol. The first kappa shape index (κ1) is 13.6. The SMILES string of the molecule is NC(=O)N(c1ccccc1)C1CC/C=C/CCC1N. The van der Waals surface area contributed by atoms with Crippen LogP contribution in [0.1, 0.15) is 25.7 Å². The highest BCUT2D eigenvalue weighted by Crippen LogP contribution is 2.23. The molecule has 2 atom stereocenters. The monoisotopic (exact) mass is 259 g/mol. The summed E-state index contributed by atoms with van der Waals surface area (Å²) in [5.74, 6) is 0. The van der Waals surface area contributed by atoms with E-state index in [1.165, 1.54) is 0 Å². The molecule has 2 amide bonds. The Morgan fingerprint density at radius 1 is 1.11 bits per heavy atom. The first-order chi connectivity index (χ1) is 9.20. The second-order valence-corrected chi connectivity index (χ2v) is 4.90. The number of benzene rings is 1. The number of nitrogens with two attached hydrogens (primary N) is 2. The number of urea groups is 1. The van der Waals surface area contributed by atoms with Crippen LogP contribution in [0, 0.1) is 0 Å². The number of nitrogens with zero attached hydrogens (tertiary/aromatic N) is 1. The molecule has 19 heavy (non-hydrogen) atoms. The minimum absolute atomic E-state index is 0.0372. The number of primary amides is 1. The molecule has 0 spiro atoms. The van der Waals surface area contributed by atoms with Gasteiger partial charge in [-0.25, -0.2) is 4.79 Å². The number of hydrogen-bond acceptors (Lipinski definition) is 2. The number of allylic oxidation sites excluding steroid dienone is 2. The fourth-order valence-electron chi connectivity index (χ4n) is 2.59. The topological polar surface area (TPSA) is 72.4 Å². The zero-order valence-electron chi connectivity index (χ0n) is 11.0. The van der Waals surface area contributed by atoms with Crippen LogP contribution in [-0.2, 0) is 0 Å². The number of carbonyl (C=O) groups excluding carboxylic acids is 1. The summed E-state index contributed by atoms with van der Waals surface area (Å²) in [6.07, 6.45) is 7.91. The Kier molecular flexibility index (Phi) is 4.58. The van der Waals surface area contributed by atoms with Gasteiger partial charge in [0, 0.05) is 11.7 Å². The molecule has 0 heterocycles. The largest absolute Gasteiger partial charge is 0.351 e. The van der Waals surface area contributed by atoms with E-state index in [4.69, 9.17) is 11.5 Å². The molecule has 0 aromatic heterocycles. The second kappa shape index (κ2) is 6.38. The van der Waals surface area contributed by atoms with E-state index in [-0.39, 0.29) is 12.1 Å². The van der Waals surface area contributed by atoms with Crippen molar-refractivity contribution in [2.45, 2.75) is 37.8 Å². The Balaban J connectivity index is 2.27. The van der Waals surface area contributed by atoms with Gasteiger partial charge in [0.2, 0.25) is 0 Å². The Morgan fingerprint density at radius 3 is 2.37 bits per heavy atom. The predicted octanol–water partition coefficient (Wildman–Crippen LogP) is 2.40. The number of carbonyl (C=O) groups is 1. The van der Waals surface area contributed by atoms with E-state index in [0.717, 1.165) is 31.4 Å². The van der Waals surface area contributed by atoms with Gasteiger partial charge in [-0.3, -0.25) is 4.90 Å². The van der Waals surface area contributed by atoms with Crippen molar-refractivity contribution in [1.29, 1.82) is 0 Å². The van der Waals surface area contributed by atoms with Crippen LogP contribution in [0.5, 0.6) is 0 Å². The van der Waals surface area contributed by atoms with Gasteiger partial charge < -0.3 is 11.5 Å². The predicted molar refractivity (Wildman–Crippen MR) is 77.9 cm³/mol. The number of amides is 2. The van der Waals surface area contributed by atoms with Crippen LogP contribution in [0.15, 0.2) is 42.5 Å². The lowest BCUT2D eigenvalue weighted by atomic mass is 9.94. The van der Waals surface area contributed by atoms with E-state index < -0.39 is 6.03 Å². The van der Waals surface area contributed by atoms with Crippen LogP contribution in [0.25, 0.3) is 0 Å². The standard InChI is InChI=1S/C15H21N3O/c16-13-10-6-1-2-7-11-14(13)18(15(17)19)12-8-4-3-5-9-12/h1-5,8-9,13-14H,6-7,10-11,16H2,(H2,17,19)/b2-1+. The van der Waals surface area contributed by atoms with Gasteiger partial charge in [0.05, 0.1) is 6.04 Å². The molecule has 4 nitrogen and oxygen atoms in total. The van der Waals surface area contributed by atoms with Crippen LogP contribution < -0.4 is 16.4 Å². The summed E-state index contributed by atoms with van der Waals surface area (Å²) in [5.41, 5.74) is 12.6. The average Bonchev–Trinajstić information content (AvgIpc) is 2.39. The van der Waals surface area contributed by atoms with Crippen LogP contribution in [0.4, 0.5) is 10.5 Å². The third kappa shape index (κ3) is 3.35. The molecule has 102 valence electrons. The summed E-state index contributed by atoms with van der Waals surface area (Å²) in [6, 6.07) is 9.00. The van der Waals surface area contributed by atoms with Crippen LogP contribution in [0.3, 0.4) is 0 Å². The van der Waals surface area contributed by atoms with Gasteiger partial charge in [-0.15, -0.1) is 0 Å². The van der Waals surface area contributed by atoms with Gasteiger partial charge in [0.1, 0.15) is 0 Å². The number of anilines is 1. The third-order valence-corrected chi connectivity index (χ3v) is 3.56. The summed E-state index contributed by atoms with van der Waals surface area (Å²) < 4.78 is 0. The van der Waals surface area contributed by atoms with Crippen molar-refractivity contribution in [2.75, 3.05) is 4.90 Å². The molecule has 2 unspecified atom stereocenters. The first-order valence-electron chi connectivity index (χ1n) is 6.74. The Labute approximate surface area is 114 Å². The maximum atomic E-state index is 11.8. The normalized spacial score (nSPS) is 25.1. The van der Waals surface area contributed by atoms with Gasteiger partial charge in [-0.1, -0.05) is 30.4 Å². The van der Waals surface area contributed by atoms with Crippen molar-refractivity contribution in [3.05, 3.63) is 42.5 Å². The molecule has 2 rings (SSSR count). The zero-order chi connectivity index (χ0) is 13.7. The van der Waals surface area contributed by atoms with E-state index in [1.807, 2.05) is 30.3 Å². The fraction of sp³-hybridized carbons (Fsp3) is 0.400. The van der Waals surface area contributed by atoms with Crippen molar-refractivity contribution < 1.29 is 4.79 Å². The number of para-hydroxylation sites is 1. The highest BCUT2D eigenvalue weighted by molar-refractivity contribution is 5.91. The smallest absolute Gasteiger partial charge is 0.319 e. The summed E-state index contributed by atoms with van der Waals surface area (Å²) in [5, 5.41) is 0. The van der Waals surface area contributed by atoms with Crippen molar-refractivity contribution in [2.24, 2.45) is 11.5 Å². The van der Waals surface area contributed by atoms with Gasteiger partial charge in [0.15, 0.2) is 0 Å². The van der Waals surface area contributed by atoms with Crippen molar-refractivity contribution in [3.8, 4) is 0 Å². The fourth-order valence-corrected chi connectivity index (χ4v) is 2.59. The van der Waals surface area contributed by atoms with Gasteiger partial charge >= 0.3 is 6.03 Å². The summed E-state index contributed by atoms with van der Waals surface area (Å²) in [4.78, 5) is 13.5. The van der Waals surface area contributed by atoms with Crippen molar-refractivity contribution >= 4 is 11.7 Å². The van der Waals surface area contributed by atoms with Gasteiger partial charge in [0.25, 0.3) is 0 Å². The molecule has 4 N–H and O–H groups in total. The van der Waals surface area contributed by atoms with Crippen LogP contribution in [-0.4, -0.2) is 18.1 Å². The molecule has 0 fully saturated rings. The highest BCUT2D eigenvalue weighted by Gasteiger charge is 2.28. The Morgan fingerprint density at radius 2 is 1.74 bits per heavy atom. The summed E-state index contributed by atoms with van der Waals surface area (Å²) >= 11 is 0.